The van der Waals surface area contributed by atoms with Crippen LogP contribution in [0.1, 0.15) is 26.2 Å². The van der Waals surface area contributed by atoms with Crippen molar-refractivity contribution in [3.05, 3.63) is 30.1 Å². The lowest BCUT2D eigenvalue weighted by molar-refractivity contribution is -0.122. The lowest BCUT2D eigenvalue weighted by Crippen LogP contribution is -2.50. The van der Waals surface area contributed by atoms with Gasteiger partial charge in [-0.15, -0.1) is 0 Å². The van der Waals surface area contributed by atoms with Gasteiger partial charge in [0.25, 0.3) is 0 Å². The van der Waals surface area contributed by atoms with Gasteiger partial charge in [0, 0.05) is 32.6 Å². The van der Waals surface area contributed by atoms with E-state index in [0.29, 0.717) is 12.3 Å². The Hall–Kier alpha value is -1.51. The van der Waals surface area contributed by atoms with Crippen molar-refractivity contribution < 1.29 is 17.6 Å². The summed E-state index contributed by atoms with van der Waals surface area (Å²) in [5.74, 6) is -0.107. The fraction of sp³-hybridized carbons (Fsp3) is 0.588. The van der Waals surface area contributed by atoms with E-state index in [9.17, 15) is 17.6 Å². The number of benzene rings is 1. The first-order valence-corrected chi connectivity index (χ1v) is 9.96. The van der Waals surface area contributed by atoms with Crippen molar-refractivity contribution in [3.8, 4) is 0 Å². The highest BCUT2D eigenvalue weighted by Gasteiger charge is 2.23. The van der Waals surface area contributed by atoms with E-state index in [1.807, 2.05) is 0 Å². The van der Waals surface area contributed by atoms with Gasteiger partial charge in [-0.1, -0.05) is 6.92 Å². The molecule has 1 aromatic rings. The van der Waals surface area contributed by atoms with E-state index in [-0.39, 0.29) is 29.8 Å². The average molecular weight is 371 g/mol. The zero-order valence-electron chi connectivity index (χ0n) is 14.7. The molecule has 1 aliphatic rings. The normalized spacial score (nSPS) is 21.3. The highest BCUT2D eigenvalue weighted by atomic mass is 32.2. The van der Waals surface area contributed by atoms with E-state index in [1.165, 1.54) is 23.5 Å². The van der Waals surface area contributed by atoms with E-state index in [2.05, 4.69) is 17.6 Å². The van der Waals surface area contributed by atoms with Gasteiger partial charge in [0.15, 0.2) is 0 Å². The Kier molecular flexibility index (Phi) is 6.92. The lowest BCUT2D eigenvalue weighted by atomic mass is 9.95. The molecule has 0 saturated carbocycles. The fourth-order valence-corrected chi connectivity index (χ4v) is 4.04. The summed E-state index contributed by atoms with van der Waals surface area (Å²) in [5, 5.41) is 6.27. The number of amides is 1. The third kappa shape index (κ3) is 5.49. The molecule has 1 saturated heterocycles. The van der Waals surface area contributed by atoms with Gasteiger partial charge in [-0.2, -0.15) is 0 Å². The van der Waals surface area contributed by atoms with E-state index < -0.39 is 15.8 Å². The van der Waals surface area contributed by atoms with Gasteiger partial charge >= 0.3 is 0 Å². The zero-order valence-corrected chi connectivity index (χ0v) is 15.5. The number of hydrogen-bond donors (Lipinski definition) is 2. The molecule has 140 valence electrons. The molecule has 2 unspecified atom stereocenters. The van der Waals surface area contributed by atoms with Crippen LogP contribution in [0.5, 0.6) is 0 Å². The Morgan fingerprint density at radius 3 is 2.68 bits per heavy atom. The number of rotatable bonds is 7. The summed E-state index contributed by atoms with van der Waals surface area (Å²) >= 11 is 0. The topological polar surface area (TPSA) is 78.5 Å². The molecule has 1 aromatic carbocycles. The third-order valence-electron chi connectivity index (χ3n) is 4.57. The molecule has 0 radical (unpaired) electrons. The number of halogens is 1. The number of piperidine rings is 1. The van der Waals surface area contributed by atoms with Crippen LogP contribution in [0.25, 0.3) is 0 Å². The molecule has 2 atom stereocenters. The first-order chi connectivity index (χ1) is 11.8. The van der Waals surface area contributed by atoms with Crippen molar-refractivity contribution in [1.29, 1.82) is 0 Å². The number of carbonyl (C=O) groups is 1. The molecule has 2 rings (SSSR count). The third-order valence-corrected chi connectivity index (χ3v) is 6.44. The maximum Gasteiger partial charge on any atom is 0.242 e. The molecule has 25 heavy (non-hydrogen) atoms. The average Bonchev–Trinajstić information content (AvgIpc) is 2.57. The van der Waals surface area contributed by atoms with Crippen LogP contribution in [0.4, 0.5) is 4.39 Å². The van der Waals surface area contributed by atoms with Crippen LogP contribution in [-0.4, -0.2) is 51.4 Å². The smallest absolute Gasteiger partial charge is 0.242 e. The van der Waals surface area contributed by atoms with E-state index in [1.54, 1.807) is 0 Å². The molecular weight excluding hydrogens is 345 g/mol. The monoisotopic (exact) mass is 371 g/mol. The molecule has 0 aliphatic carbocycles. The van der Waals surface area contributed by atoms with Crippen LogP contribution in [0.3, 0.4) is 0 Å². The maximum atomic E-state index is 12.9. The van der Waals surface area contributed by atoms with Crippen LogP contribution < -0.4 is 10.6 Å². The van der Waals surface area contributed by atoms with Crippen LogP contribution in [0.2, 0.25) is 0 Å². The second-order valence-corrected chi connectivity index (χ2v) is 8.57. The van der Waals surface area contributed by atoms with Gasteiger partial charge in [-0.25, -0.2) is 17.1 Å². The predicted octanol–water partition coefficient (Wildman–Crippen LogP) is 1.34. The molecule has 0 bridgehead atoms. The number of sulfonamides is 1. The molecule has 6 nitrogen and oxygen atoms in total. The Morgan fingerprint density at radius 1 is 1.36 bits per heavy atom. The second kappa shape index (κ2) is 8.73. The molecule has 0 spiro atoms. The van der Waals surface area contributed by atoms with E-state index >= 15 is 0 Å². The maximum absolute atomic E-state index is 12.9. The van der Waals surface area contributed by atoms with E-state index in [0.717, 1.165) is 31.6 Å². The largest absolute Gasteiger partial charge is 0.352 e. The Balaban J connectivity index is 1.80. The van der Waals surface area contributed by atoms with Gasteiger partial charge < -0.3 is 10.6 Å². The van der Waals surface area contributed by atoms with Crippen molar-refractivity contribution in [2.45, 2.75) is 37.1 Å². The molecule has 8 heteroatoms. The molecule has 2 N–H and O–H groups in total. The fourth-order valence-electron chi connectivity index (χ4n) is 2.83. The molecule has 1 fully saturated rings. The quantitative estimate of drug-likeness (QED) is 0.758. The van der Waals surface area contributed by atoms with Crippen molar-refractivity contribution in [2.75, 3.05) is 26.7 Å². The molecule has 0 aromatic heterocycles. The van der Waals surface area contributed by atoms with Crippen molar-refractivity contribution in [1.82, 2.24) is 14.9 Å². The number of nitrogens with one attached hydrogen (secondary N) is 2. The first-order valence-electron chi connectivity index (χ1n) is 8.52. The Labute approximate surface area is 148 Å². The highest BCUT2D eigenvalue weighted by Crippen LogP contribution is 2.15. The summed E-state index contributed by atoms with van der Waals surface area (Å²) in [6, 6.07) is 4.85. The minimum absolute atomic E-state index is 0.0444. The summed E-state index contributed by atoms with van der Waals surface area (Å²) in [6.45, 7) is 4.09. The molecule has 1 amide bonds. The second-order valence-electron chi connectivity index (χ2n) is 6.53. The molecule has 1 heterocycles. The van der Waals surface area contributed by atoms with Crippen LogP contribution in [-0.2, 0) is 14.8 Å². The summed E-state index contributed by atoms with van der Waals surface area (Å²) in [4.78, 5) is 12.1. The van der Waals surface area contributed by atoms with Gasteiger partial charge in [0.05, 0.1) is 4.90 Å². The van der Waals surface area contributed by atoms with Gasteiger partial charge in [-0.3, -0.25) is 4.79 Å². The Morgan fingerprint density at radius 2 is 2.04 bits per heavy atom. The first kappa shape index (κ1) is 19.8. The minimum Gasteiger partial charge on any atom is -0.352 e. The van der Waals surface area contributed by atoms with Crippen LogP contribution in [0.15, 0.2) is 29.2 Å². The van der Waals surface area contributed by atoms with E-state index in [4.69, 9.17) is 0 Å². The Bertz CT molecular complexity index is 679. The number of hydrogen-bond acceptors (Lipinski definition) is 4. The summed E-state index contributed by atoms with van der Waals surface area (Å²) in [6.07, 6.45) is 1.73. The SMILES string of the molecule is CC1CCNCC1NC(=O)CCCN(C)S(=O)(=O)c1ccc(F)cc1. The minimum atomic E-state index is -3.66. The van der Waals surface area contributed by atoms with Gasteiger partial charge in [0.1, 0.15) is 5.82 Å². The summed E-state index contributed by atoms with van der Waals surface area (Å²) in [7, 11) is -2.20. The van der Waals surface area contributed by atoms with Crippen LogP contribution in [0, 0.1) is 11.7 Å². The highest BCUT2D eigenvalue weighted by molar-refractivity contribution is 7.89. The van der Waals surface area contributed by atoms with Crippen molar-refractivity contribution in [3.63, 3.8) is 0 Å². The molecular formula is C17H26FN3O3S. The number of carbonyl (C=O) groups excluding carboxylic acids is 1. The van der Waals surface area contributed by atoms with Crippen molar-refractivity contribution in [2.24, 2.45) is 5.92 Å². The standard InChI is InChI=1S/C17H26FN3O3S/c1-13-9-10-19-12-16(13)20-17(22)4-3-11-21(2)25(23,24)15-7-5-14(18)6-8-15/h5-8,13,16,19H,3-4,9-12H2,1-2H3,(H,20,22). The molecule has 1 aliphatic heterocycles. The summed E-state index contributed by atoms with van der Waals surface area (Å²) in [5.41, 5.74) is 0. The van der Waals surface area contributed by atoms with Gasteiger partial charge in [-0.05, 0) is 49.6 Å². The van der Waals surface area contributed by atoms with Crippen molar-refractivity contribution >= 4 is 15.9 Å². The lowest BCUT2D eigenvalue weighted by Gasteiger charge is -2.30. The number of nitrogens with zero attached hydrogens (tertiary/aromatic N) is 1. The van der Waals surface area contributed by atoms with Gasteiger partial charge in [0.2, 0.25) is 15.9 Å². The predicted molar refractivity (Wildman–Crippen MR) is 94.0 cm³/mol. The summed E-state index contributed by atoms with van der Waals surface area (Å²) < 4.78 is 38.9. The van der Waals surface area contributed by atoms with Crippen LogP contribution >= 0.6 is 0 Å². The zero-order chi connectivity index (χ0) is 18.4.